The first-order chi connectivity index (χ1) is 15.2. The van der Waals surface area contributed by atoms with E-state index >= 15 is 0 Å². The number of amidine groups is 1. The van der Waals surface area contributed by atoms with Crippen LogP contribution in [0.4, 0.5) is 5.82 Å². The van der Waals surface area contributed by atoms with Crippen LogP contribution in [-0.2, 0) is 24.3 Å². The minimum Gasteiger partial charge on any atom is -0.452 e. The van der Waals surface area contributed by atoms with Gasteiger partial charge in [-0.3, -0.25) is 9.59 Å². The van der Waals surface area contributed by atoms with Gasteiger partial charge in [-0.15, -0.1) is 4.40 Å². The molecule has 1 aromatic heterocycles. The highest BCUT2D eigenvalue weighted by molar-refractivity contribution is 7.90. The van der Waals surface area contributed by atoms with Gasteiger partial charge in [0.1, 0.15) is 10.7 Å². The molecule has 1 amide bonds. The van der Waals surface area contributed by atoms with Crippen molar-refractivity contribution in [2.75, 3.05) is 18.4 Å². The fourth-order valence-electron chi connectivity index (χ4n) is 3.65. The van der Waals surface area contributed by atoms with Crippen LogP contribution in [0, 0.1) is 5.92 Å². The van der Waals surface area contributed by atoms with Crippen molar-refractivity contribution in [3.63, 3.8) is 0 Å². The van der Waals surface area contributed by atoms with Gasteiger partial charge in [-0.25, -0.2) is 4.98 Å². The quantitative estimate of drug-likeness (QED) is 0.673. The van der Waals surface area contributed by atoms with Crippen LogP contribution in [0.25, 0.3) is 0 Å². The average molecular weight is 477 g/mol. The van der Waals surface area contributed by atoms with E-state index in [1.54, 1.807) is 30.3 Å². The summed E-state index contributed by atoms with van der Waals surface area (Å²) in [5.74, 6) is -0.617. The van der Waals surface area contributed by atoms with Crippen LogP contribution in [0.15, 0.2) is 51.9 Å². The number of carbonyl (C=O) groups is 2. The summed E-state index contributed by atoms with van der Waals surface area (Å²) in [6, 6.07) is 9.84. The first kappa shape index (κ1) is 22.2. The Bertz CT molecular complexity index is 1170. The molecule has 2 aliphatic rings. The van der Waals surface area contributed by atoms with E-state index < -0.39 is 28.0 Å². The van der Waals surface area contributed by atoms with Gasteiger partial charge in [0.2, 0.25) is 0 Å². The summed E-state index contributed by atoms with van der Waals surface area (Å²) in [7, 11) is -3.69. The van der Waals surface area contributed by atoms with Crippen molar-refractivity contribution in [2.45, 2.75) is 30.8 Å². The summed E-state index contributed by atoms with van der Waals surface area (Å²) >= 11 is 5.77. The smallest absolute Gasteiger partial charge is 0.309 e. The van der Waals surface area contributed by atoms with Crippen molar-refractivity contribution in [3.05, 3.63) is 53.2 Å². The second-order valence-corrected chi connectivity index (χ2v) is 9.59. The third-order valence-corrected chi connectivity index (χ3v) is 6.93. The summed E-state index contributed by atoms with van der Waals surface area (Å²) < 4.78 is 33.8. The lowest BCUT2D eigenvalue weighted by atomic mass is 9.96. The van der Waals surface area contributed by atoms with E-state index in [-0.39, 0.29) is 10.8 Å². The second kappa shape index (κ2) is 8.87. The number of nitrogens with zero attached hydrogens (tertiary/aromatic N) is 3. The SMILES string of the molecule is CC(OC(=O)C1CCN(C2=NS(=O)(=O)c3ccccc32)CC1)C(=O)Nc1ccc(Cl)cn1. The van der Waals surface area contributed by atoms with Crippen LogP contribution < -0.4 is 5.32 Å². The molecule has 1 aromatic carbocycles. The zero-order valence-corrected chi connectivity index (χ0v) is 18.8. The highest BCUT2D eigenvalue weighted by Gasteiger charge is 2.35. The normalized spacial score (nSPS) is 18.4. The fraction of sp³-hybridized carbons (Fsp3) is 0.333. The Morgan fingerprint density at radius 3 is 2.59 bits per heavy atom. The van der Waals surface area contributed by atoms with Gasteiger partial charge in [-0.1, -0.05) is 23.7 Å². The predicted molar refractivity (Wildman–Crippen MR) is 118 cm³/mol. The Morgan fingerprint density at radius 2 is 1.91 bits per heavy atom. The molecule has 1 atom stereocenters. The number of hydrogen-bond donors (Lipinski definition) is 1. The summed E-state index contributed by atoms with van der Waals surface area (Å²) in [6.45, 7) is 2.41. The van der Waals surface area contributed by atoms with Crippen LogP contribution in [0.2, 0.25) is 5.02 Å². The molecule has 9 nitrogen and oxygen atoms in total. The number of likely N-dealkylation sites (tertiary alicyclic amines) is 1. The molecule has 1 N–H and O–H groups in total. The molecule has 2 aliphatic heterocycles. The lowest BCUT2D eigenvalue weighted by Gasteiger charge is -2.32. The third kappa shape index (κ3) is 4.61. The van der Waals surface area contributed by atoms with E-state index in [0.29, 0.717) is 48.2 Å². The highest BCUT2D eigenvalue weighted by Crippen LogP contribution is 2.30. The Labute approximate surface area is 190 Å². The maximum absolute atomic E-state index is 12.6. The molecule has 0 aliphatic carbocycles. The summed E-state index contributed by atoms with van der Waals surface area (Å²) in [5.41, 5.74) is 0.578. The fourth-order valence-corrected chi connectivity index (χ4v) is 4.98. The number of anilines is 1. The maximum Gasteiger partial charge on any atom is 0.309 e. The van der Waals surface area contributed by atoms with Gasteiger partial charge < -0.3 is 15.0 Å². The minimum atomic E-state index is -3.69. The number of carbonyl (C=O) groups excluding carboxylic acids is 2. The molecule has 2 aromatic rings. The van der Waals surface area contributed by atoms with Crippen LogP contribution in [0.3, 0.4) is 0 Å². The predicted octanol–water partition coefficient (Wildman–Crippen LogP) is 2.47. The zero-order chi connectivity index (χ0) is 22.9. The molecule has 4 rings (SSSR count). The number of ether oxygens (including phenoxy) is 1. The summed E-state index contributed by atoms with van der Waals surface area (Å²) in [6.07, 6.45) is 1.34. The van der Waals surface area contributed by atoms with Gasteiger partial charge in [0.05, 0.1) is 10.9 Å². The van der Waals surface area contributed by atoms with Gasteiger partial charge in [-0.05, 0) is 44.0 Å². The van der Waals surface area contributed by atoms with Crippen molar-refractivity contribution >= 4 is 45.2 Å². The van der Waals surface area contributed by atoms with Crippen molar-refractivity contribution in [2.24, 2.45) is 10.3 Å². The van der Waals surface area contributed by atoms with Crippen LogP contribution >= 0.6 is 11.6 Å². The molecule has 168 valence electrons. The minimum absolute atomic E-state index is 0.201. The zero-order valence-electron chi connectivity index (χ0n) is 17.2. The molecule has 32 heavy (non-hydrogen) atoms. The Morgan fingerprint density at radius 1 is 1.19 bits per heavy atom. The van der Waals surface area contributed by atoms with Gasteiger partial charge in [0.15, 0.2) is 11.9 Å². The summed E-state index contributed by atoms with van der Waals surface area (Å²) in [5, 5.41) is 3.01. The topological polar surface area (TPSA) is 118 Å². The van der Waals surface area contributed by atoms with E-state index in [4.69, 9.17) is 16.3 Å². The Hall–Kier alpha value is -2.98. The van der Waals surface area contributed by atoms with E-state index in [2.05, 4.69) is 14.7 Å². The lowest BCUT2D eigenvalue weighted by Crippen LogP contribution is -2.41. The molecule has 0 saturated carbocycles. The molecule has 1 fully saturated rings. The maximum atomic E-state index is 12.6. The van der Waals surface area contributed by atoms with E-state index in [9.17, 15) is 18.0 Å². The number of nitrogens with one attached hydrogen (secondary N) is 1. The number of esters is 1. The Balaban J connectivity index is 1.32. The molecule has 11 heteroatoms. The number of aromatic nitrogens is 1. The molecular formula is C21H21ClN4O5S. The molecule has 3 heterocycles. The van der Waals surface area contributed by atoms with Crippen molar-refractivity contribution in [1.29, 1.82) is 0 Å². The molecular weight excluding hydrogens is 456 g/mol. The number of pyridine rings is 1. The molecule has 1 saturated heterocycles. The number of hydrogen-bond acceptors (Lipinski definition) is 7. The first-order valence-corrected chi connectivity index (χ1v) is 11.9. The average Bonchev–Trinajstić information content (AvgIpc) is 3.06. The van der Waals surface area contributed by atoms with Crippen LogP contribution in [0.5, 0.6) is 0 Å². The van der Waals surface area contributed by atoms with Gasteiger partial charge in [0.25, 0.3) is 15.9 Å². The molecule has 0 bridgehead atoms. The number of amides is 1. The van der Waals surface area contributed by atoms with Crippen molar-refractivity contribution in [3.8, 4) is 0 Å². The van der Waals surface area contributed by atoms with Gasteiger partial charge in [0, 0.05) is 24.8 Å². The highest BCUT2D eigenvalue weighted by atomic mass is 35.5. The monoisotopic (exact) mass is 476 g/mol. The van der Waals surface area contributed by atoms with Gasteiger partial charge >= 0.3 is 5.97 Å². The van der Waals surface area contributed by atoms with Crippen LogP contribution in [0.1, 0.15) is 25.3 Å². The number of piperidine rings is 1. The number of sulfonamides is 1. The lowest BCUT2D eigenvalue weighted by molar-refractivity contribution is -0.158. The largest absolute Gasteiger partial charge is 0.452 e. The van der Waals surface area contributed by atoms with Crippen LogP contribution in [-0.4, -0.2) is 55.2 Å². The van der Waals surface area contributed by atoms with E-state index in [1.807, 2.05) is 4.90 Å². The number of halogens is 1. The van der Waals surface area contributed by atoms with E-state index in [0.717, 1.165) is 0 Å². The van der Waals surface area contributed by atoms with Crippen molar-refractivity contribution < 1.29 is 22.7 Å². The Kier molecular flexibility index (Phi) is 6.16. The first-order valence-electron chi connectivity index (χ1n) is 10.1. The standard InChI is InChI=1S/C21H21ClN4O5S/c1-13(20(27)24-18-7-6-15(22)12-23-18)31-21(28)14-8-10-26(11-9-14)19-16-4-2-3-5-17(16)32(29,30)25-19/h2-7,12-14H,8-11H2,1H3,(H,23,24,27). The molecule has 0 spiro atoms. The van der Waals surface area contributed by atoms with Crippen molar-refractivity contribution in [1.82, 2.24) is 9.88 Å². The number of fused-ring (bicyclic) bond motifs is 1. The molecule has 0 radical (unpaired) electrons. The third-order valence-electron chi connectivity index (χ3n) is 5.38. The summed E-state index contributed by atoms with van der Waals surface area (Å²) in [4.78, 5) is 30.9. The molecule has 1 unspecified atom stereocenters. The van der Waals surface area contributed by atoms with Gasteiger partial charge in [-0.2, -0.15) is 8.42 Å². The van der Waals surface area contributed by atoms with E-state index in [1.165, 1.54) is 19.2 Å². The second-order valence-electron chi connectivity index (χ2n) is 7.58. The number of benzene rings is 1. The number of rotatable bonds is 4.